The molecule has 0 fully saturated rings. The second-order valence-corrected chi connectivity index (χ2v) is 4.22. The van der Waals surface area contributed by atoms with E-state index in [0.29, 0.717) is 5.56 Å². The third-order valence-corrected chi connectivity index (χ3v) is 2.77. The fourth-order valence-corrected chi connectivity index (χ4v) is 1.77. The fourth-order valence-electron chi connectivity index (χ4n) is 1.77. The minimum Gasteiger partial charge on any atom is -0.482 e. The van der Waals surface area contributed by atoms with Gasteiger partial charge in [0.25, 0.3) is 0 Å². The largest absolute Gasteiger partial charge is 0.482 e. The summed E-state index contributed by atoms with van der Waals surface area (Å²) in [5.74, 6) is 0.184. The Bertz CT molecular complexity index is 703. The molecule has 0 aromatic heterocycles. The van der Waals surface area contributed by atoms with Gasteiger partial charge in [0.15, 0.2) is 5.75 Å². The average molecular weight is 280 g/mol. The van der Waals surface area contributed by atoms with E-state index in [4.69, 9.17) is 10.00 Å². The van der Waals surface area contributed by atoms with Crippen molar-refractivity contribution in [3.8, 4) is 11.8 Å². The summed E-state index contributed by atoms with van der Waals surface area (Å²) in [5, 5.41) is 19.5. The quantitative estimate of drug-likeness (QED) is 0.475. The van der Waals surface area contributed by atoms with E-state index in [1.54, 1.807) is 18.2 Å². The van der Waals surface area contributed by atoms with Crippen LogP contribution in [0.5, 0.6) is 5.75 Å². The highest BCUT2D eigenvalue weighted by Gasteiger charge is 2.15. The van der Waals surface area contributed by atoms with Gasteiger partial charge in [-0.2, -0.15) is 5.26 Å². The molecule has 0 saturated heterocycles. The predicted molar refractivity (Wildman–Crippen MR) is 78.5 cm³/mol. The van der Waals surface area contributed by atoms with Crippen LogP contribution < -0.4 is 4.74 Å². The second kappa shape index (κ2) is 6.87. The monoisotopic (exact) mass is 280 g/mol. The van der Waals surface area contributed by atoms with Crippen molar-refractivity contribution in [2.24, 2.45) is 0 Å². The van der Waals surface area contributed by atoms with E-state index in [2.05, 4.69) is 0 Å². The molecule has 0 atom stereocenters. The first-order chi connectivity index (χ1) is 10.2. The summed E-state index contributed by atoms with van der Waals surface area (Å²) in [6, 6.07) is 15.8. The van der Waals surface area contributed by atoms with Crippen molar-refractivity contribution in [2.45, 2.75) is 6.61 Å². The number of hydrogen-bond acceptors (Lipinski definition) is 4. The first-order valence-corrected chi connectivity index (χ1v) is 6.22. The Hall–Kier alpha value is -3.13. The van der Waals surface area contributed by atoms with Crippen LogP contribution in [0.3, 0.4) is 0 Å². The molecule has 0 unspecified atom stereocenters. The highest BCUT2D eigenvalue weighted by molar-refractivity contribution is 5.59. The molecule has 0 bridgehead atoms. The summed E-state index contributed by atoms with van der Waals surface area (Å²) >= 11 is 0. The lowest BCUT2D eigenvalue weighted by Crippen LogP contribution is -1.99. The molecule has 2 aromatic carbocycles. The van der Waals surface area contributed by atoms with Gasteiger partial charge < -0.3 is 4.74 Å². The van der Waals surface area contributed by atoms with Crippen LogP contribution in [0.25, 0.3) is 6.08 Å². The normalized spacial score (nSPS) is 10.2. The number of nitro benzene ring substituents is 1. The smallest absolute Gasteiger partial charge is 0.310 e. The summed E-state index contributed by atoms with van der Waals surface area (Å²) in [7, 11) is 0. The molecule has 0 spiro atoms. The molecule has 0 aliphatic carbocycles. The maximum atomic E-state index is 11.0. The maximum Gasteiger partial charge on any atom is 0.310 e. The molecule has 2 aromatic rings. The molecular formula is C16H12N2O3. The number of benzene rings is 2. The molecule has 0 radical (unpaired) electrons. The topological polar surface area (TPSA) is 76.2 Å². The van der Waals surface area contributed by atoms with Gasteiger partial charge in [0.05, 0.1) is 11.0 Å². The minimum atomic E-state index is -0.488. The Morgan fingerprint density at radius 3 is 2.67 bits per heavy atom. The lowest BCUT2D eigenvalue weighted by Gasteiger charge is -2.07. The van der Waals surface area contributed by atoms with E-state index in [-0.39, 0.29) is 18.0 Å². The van der Waals surface area contributed by atoms with E-state index in [1.807, 2.05) is 36.4 Å². The van der Waals surface area contributed by atoms with E-state index >= 15 is 0 Å². The van der Waals surface area contributed by atoms with Crippen LogP contribution >= 0.6 is 0 Å². The lowest BCUT2D eigenvalue weighted by atomic mass is 10.1. The zero-order chi connectivity index (χ0) is 15.1. The zero-order valence-corrected chi connectivity index (χ0v) is 11.1. The number of ether oxygens (including phenoxy) is 1. The third-order valence-electron chi connectivity index (χ3n) is 2.77. The molecule has 21 heavy (non-hydrogen) atoms. The van der Waals surface area contributed by atoms with E-state index in [1.165, 1.54) is 12.1 Å². The summed E-state index contributed by atoms with van der Waals surface area (Å²) in [6.07, 6.45) is 2.88. The van der Waals surface area contributed by atoms with Crippen molar-refractivity contribution in [1.29, 1.82) is 5.26 Å². The fraction of sp³-hybridized carbons (Fsp3) is 0.0625. The Balaban J connectivity index is 2.24. The number of rotatable bonds is 5. The molecule has 0 aliphatic heterocycles. The summed E-state index contributed by atoms with van der Waals surface area (Å²) < 4.78 is 5.55. The molecule has 0 saturated carbocycles. The number of nitro groups is 1. The SMILES string of the molecule is N#C/C=C/c1ccc([N+](=O)[O-])c(OCc2ccccc2)c1. The first-order valence-electron chi connectivity index (χ1n) is 6.22. The van der Waals surface area contributed by atoms with Gasteiger partial charge in [0, 0.05) is 12.1 Å². The maximum absolute atomic E-state index is 11.0. The molecule has 0 N–H and O–H groups in total. The Labute approximate surface area is 121 Å². The standard InChI is InChI=1S/C16H12N2O3/c17-10-4-7-13-8-9-15(18(19)20)16(11-13)21-12-14-5-2-1-3-6-14/h1-9,11H,12H2/b7-4+. The Kier molecular flexibility index (Phi) is 4.67. The van der Waals surface area contributed by atoms with Crippen LogP contribution in [0.4, 0.5) is 5.69 Å². The van der Waals surface area contributed by atoms with E-state index < -0.39 is 4.92 Å². The van der Waals surface area contributed by atoms with Gasteiger partial charge in [-0.15, -0.1) is 0 Å². The van der Waals surface area contributed by atoms with E-state index in [0.717, 1.165) is 5.56 Å². The van der Waals surface area contributed by atoms with Crippen LogP contribution in [0.2, 0.25) is 0 Å². The van der Waals surface area contributed by atoms with Gasteiger partial charge in [-0.3, -0.25) is 10.1 Å². The molecule has 5 heteroatoms. The molecule has 0 heterocycles. The highest BCUT2D eigenvalue weighted by Crippen LogP contribution is 2.29. The van der Waals surface area contributed by atoms with Gasteiger partial charge in [0.1, 0.15) is 6.61 Å². The van der Waals surface area contributed by atoms with Crippen LogP contribution in [0.1, 0.15) is 11.1 Å². The number of hydrogen-bond donors (Lipinski definition) is 0. The van der Waals surface area contributed by atoms with Gasteiger partial charge in [-0.05, 0) is 29.3 Å². The highest BCUT2D eigenvalue weighted by atomic mass is 16.6. The Morgan fingerprint density at radius 1 is 1.24 bits per heavy atom. The molecular weight excluding hydrogens is 268 g/mol. The van der Waals surface area contributed by atoms with Gasteiger partial charge in [-0.25, -0.2) is 0 Å². The average Bonchev–Trinajstić information content (AvgIpc) is 2.51. The van der Waals surface area contributed by atoms with Crippen LogP contribution in [-0.2, 0) is 6.61 Å². The van der Waals surface area contributed by atoms with Gasteiger partial charge in [-0.1, -0.05) is 30.3 Å². The summed E-state index contributed by atoms with van der Waals surface area (Å²) in [4.78, 5) is 10.5. The third kappa shape index (κ3) is 3.91. The zero-order valence-electron chi connectivity index (χ0n) is 11.1. The van der Waals surface area contributed by atoms with Crippen LogP contribution in [0.15, 0.2) is 54.6 Å². The number of allylic oxidation sites excluding steroid dienone is 1. The van der Waals surface area contributed by atoms with Crippen molar-refractivity contribution in [3.63, 3.8) is 0 Å². The van der Waals surface area contributed by atoms with Gasteiger partial charge in [0.2, 0.25) is 0 Å². The van der Waals surface area contributed by atoms with Crippen molar-refractivity contribution < 1.29 is 9.66 Å². The minimum absolute atomic E-state index is 0.0972. The second-order valence-electron chi connectivity index (χ2n) is 4.22. The van der Waals surface area contributed by atoms with E-state index in [9.17, 15) is 10.1 Å². The van der Waals surface area contributed by atoms with Gasteiger partial charge >= 0.3 is 5.69 Å². The molecule has 5 nitrogen and oxygen atoms in total. The van der Waals surface area contributed by atoms with Crippen molar-refractivity contribution in [3.05, 3.63) is 75.8 Å². The summed E-state index contributed by atoms with van der Waals surface area (Å²) in [6.45, 7) is 0.243. The van der Waals surface area contributed by atoms with Crippen LogP contribution in [0, 0.1) is 21.4 Å². The predicted octanol–water partition coefficient (Wildman–Crippen LogP) is 3.71. The number of nitriles is 1. The lowest BCUT2D eigenvalue weighted by molar-refractivity contribution is -0.385. The Morgan fingerprint density at radius 2 is 2.00 bits per heavy atom. The van der Waals surface area contributed by atoms with Crippen molar-refractivity contribution in [1.82, 2.24) is 0 Å². The summed E-state index contributed by atoms with van der Waals surface area (Å²) in [5.41, 5.74) is 1.50. The molecule has 0 aliphatic rings. The van der Waals surface area contributed by atoms with Crippen molar-refractivity contribution in [2.75, 3.05) is 0 Å². The van der Waals surface area contributed by atoms with Crippen LogP contribution in [-0.4, -0.2) is 4.92 Å². The molecule has 104 valence electrons. The molecule has 0 amide bonds. The molecule has 2 rings (SSSR count). The first kappa shape index (κ1) is 14.3. The van der Waals surface area contributed by atoms with Crippen molar-refractivity contribution >= 4 is 11.8 Å². The number of nitrogens with zero attached hydrogens (tertiary/aromatic N) is 2.